The Labute approximate surface area is 99.0 Å². The number of methoxy groups -OCH3 is 1. The fourth-order valence-electron chi connectivity index (χ4n) is 1.29. The number of hydrogen-bond donors (Lipinski definition) is 1. The summed E-state index contributed by atoms with van der Waals surface area (Å²) in [5.74, 6) is -1.78. The highest BCUT2D eigenvalue weighted by Crippen LogP contribution is 2.20. The van der Waals surface area contributed by atoms with E-state index in [1.807, 2.05) is 0 Å². The number of aromatic carboxylic acids is 1. The van der Waals surface area contributed by atoms with Crippen molar-refractivity contribution in [2.75, 3.05) is 13.7 Å². The molecule has 1 aromatic carbocycles. The lowest BCUT2D eigenvalue weighted by Gasteiger charge is -2.14. The molecule has 4 nitrogen and oxygen atoms in total. The van der Waals surface area contributed by atoms with Crippen molar-refractivity contribution in [3.8, 4) is 5.75 Å². The molecule has 1 atom stereocenters. The van der Waals surface area contributed by atoms with Crippen molar-refractivity contribution in [2.45, 2.75) is 19.4 Å². The van der Waals surface area contributed by atoms with Crippen molar-refractivity contribution in [3.63, 3.8) is 0 Å². The number of carbonyl (C=O) groups is 1. The minimum absolute atomic E-state index is 0.0543. The molecular weight excluding hydrogens is 227 g/mol. The van der Waals surface area contributed by atoms with Crippen LogP contribution in [0.4, 0.5) is 4.39 Å². The van der Waals surface area contributed by atoms with E-state index in [0.29, 0.717) is 13.0 Å². The normalized spacial score (nSPS) is 12.2. The van der Waals surface area contributed by atoms with Crippen LogP contribution in [0.5, 0.6) is 5.75 Å². The van der Waals surface area contributed by atoms with E-state index in [-0.39, 0.29) is 17.4 Å². The molecule has 1 N–H and O–H groups in total. The molecule has 0 amide bonds. The first-order valence-electron chi connectivity index (χ1n) is 5.23. The van der Waals surface area contributed by atoms with Crippen LogP contribution in [-0.2, 0) is 4.74 Å². The highest BCUT2D eigenvalue weighted by Gasteiger charge is 2.11. The van der Waals surface area contributed by atoms with E-state index >= 15 is 0 Å². The first-order valence-corrected chi connectivity index (χ1v) is 5.23. The topological polar surface area (TPSA) is 55.8 Å². The van der Waals surface area contributed by atoms with Gasteiger partial charge in [0.25, 0.3) is 0 Å². The predicted octanol–water partition coefficient (Wildman–Crippen LogP) is 2.33. The van der Waals surface area contributed by atoms with Gasteiger partial charge < -0.3 is 14.6 Å². The third-order valence-electron chi connectivity index (χ3n) is 2.24. The Kier molecular flexibility index (Phi) is 4.90. The quantitative estimate of drug-likeness (QED) is 0.831. The van der Waals surface area contributed by atoms with Crippen LogP contribution < -0.4 is 4.74 Å². The van der Waals surface area contributed by atoms with Crippen molar-refractivity contribution < 1.29 is 23.8 Å². The molecule has 1 aromatic rings. The highest BCUT2D eigenvalue weighted by molar-refractivity contribution is 5.87. The Morgan fingerprint density at radius 1 is 1.53 bits per heavy atom. The summed E-state index contributed by atoms with van der Waals surface area (Å²) in [6.07, 6.45) is 0.441. The van der Waals surface area contributed by atoms with Crippen LogP contribution in [0.25, 0.3) is 0 Å². The summed E-state index contributed by atoms with van der Waals surface area (Å²) in [6.45, 7) is 2.32. The Morgan fingerprint density at radius 2 is 2.24 bits per heavy atom. The van der Waals surface area contributed by atoms with Gasteiger partial charge in [-0.25, -0.2) is 9.18 Å². The van der Waals surface area contributed by atoms with Gasteiger partial charge in [0.15, 0.2) is 11.6 Å². The fraction of sp³-hybridized carbons (Fsp3) is 0.417. The number of halogens is 1. The summed E-state index contributed by atoms with van der Waals surface area (Å²) >= 11 is 0. The fourth-order valence-corrected chi connectivity index (χ4v) is 1.29. The average molecular weight is 242 g/mol. The lowest BCUT2D eigenvalue weighted by atomic mass is 10.2. The largest absolute Gasteiger partial charge is 0.488 e. The molecular formula is C12H15FO4. The Balaban J connectivity index is 2.69. The summed E-state index contributed by atoms with van der Waals surface area (Å²) in [5.41, 5.74) is -0.0978. The molecule has 1 unspecified atom stereocenters. The molecule has 1 rings (SSSR count). The van der Waals surface area contributed by atoms with E-state index in [2.05, 4.69) is 0 Å². The van der Waals surface area contributed by atoms with E-state index in [0.717, 1.165) is 6.07 Å². The van der Waals surface area contributed by atoms with Gasteiger partial charge in [-0.05, 0) is 25.1 Å². The van der Waals surface area contributed by atoms with Crippen LogP contribution in [0.1, 0.15) is 23.7 Å². The molecule has 5 heteroatoms. The summed E-state index contributed by atoms with van der Waals surface area (Å²) in [4.78, 5) is 10.6. The van der Waals surface area contributed by atoms with Crippen LogP contribution in [-0.4, -0.2) is 30.9 Å². The van der Waals surface area contributed by atoms with Gasteiger partial charge in [-0.1, -0.05) is 0 Å². The average Bonchev–Trinajstić information content (AvgIpc) is 2.28. The number of carboxylic acids is 1. The molecule has 0 aliphatic rings. The minimum Gasteiger partial charge on any atom is -0.488 e. The zero-order chi connectivity index (χ0) is 12.8. The molecule has 0 aliphatic carbocycles. The molecule has 0 saturated heterocycles. The first kappa shape index (κ1) is 13.4. The van der Waals surface area contributed by atoms with E-state index in [4.69, 9.17) is 14.6 Å². The number of ether oxygens (including phenoxy) is 2. The zero-order valence-corrected chi connectivity index (χ0v) is 9.77. The number of benzene rings is 1. The second-order valence-electron chi connectivity index (χ2n) is 3.66. The molecule has 0 fully saturated rings. The zero-order valence-electron chi connectivity index (χ0n) is 9.77. The van der Waals surface area contributed by atoms with E-state index in [1.165, 1.54) is 12.1 Å². The number of hydrogen-bond acceptors (Lipinski definition) is 3. The third-order valence-corrected chi connectivity index (χ3v) is 2.24. The minimum atomic E-state index is -1.16. The van der Waals surface area contributed by atoms with Crippen LogP contribution >= 0.6 is 0 Å². The molecule has 0 heterocycles. The van der Waals surface area contributed by atoms with Crippen molar-refractivity contribution in [2.24, 2.45) is 0 Å². The summed E-state index contributed by atoms with van der Waals surface area (Å²) in [7, 11) is 1.58. The maximum atomic E-state index is 13.5. The first-order chi connectivity index (χ1) is 8.04. The van der Waals surface area contributed by atoms with Gasteiger partial charge in [0.05, 0.1) is 11.7 Å². The van der Waals surface area contributed by atoms with E-state index < -0.39 is 11.8 Å². The van der Waals surface area contributed by atoms with Gasteiger partial charge >= 0.3 is 5.97 Å². The third kappa shape index (κ3) is 4.03. The van der Waals surface area contributed by atoms with E-state index in [1.54, 1.807) is 14.0 Å². The van der Waals surface area contributed by atoms with Crippen molar-refractivity contribution in [1.29, 1.82) is 0 Å². The van der Waals surface area contributed by atoms with Gasteiger partial charge in [0.2, 0.25) is 0 Å². The van der Waals surface area contributed by atoms with Gasteiger partial charge in [-0.2, -0.15) is 0 Å². The van der Waals surface area contributed by atoms with Crippen molar-refractivity contribution in [3.05, 3.63) is 29.6 Å². The second kappa shape index (κ2) is 6.20. The summed E-state index contributed by atoms with van der Waals surface area (Å²) in [5, 5.41) is 8.67. The van der Waals surface area contributed by atoms with Crippen LogP contribution in [0.3, 0.4) is 0 Å². The Hall–Kier alpha value is -1.62. The molecule has 0 aliphatic heterocycles. The van der Waals surface area contributed by atoms with Crippen molar-refractivity contribution >= 4 is 5.97 Å². The highest BCUT2D eigenvalue weighted by atomic mass is 19.1. The molecule has 0 saturated carbocycles. The maximum Gasteiger partial charge on any atom is 0.335 e. The number of rotatable bonds is 6. The van der Waals surface area contributed by atoms with Gasteiger partial charge in [0, 0.05) is 20.1 Å². The summed E-state index contributed by atoms with van der Waals surface area (Å²) < 4.78 is 23.7. The second-order valence-corrected chi connectivity index (χ2v) is 3.66. The molecule has 0 radical (unpaired) electrons. The molecule has 17 heavy (non-hydrogen) atoms. The lowest BCUT2D eigenvalue weighted by molar-refractivity contribution is 0.0696. The standard InChI is InChI=1S/C12H15FO4/c1-8(5-6-16-2)17-11-4-3-9(12(14)15)7-10(11)13/h3-4,7-8H,5-6H2,1-2H3,(H,14,15). The molecule has 0 bridgehead atoms. The monoisotopic (exact) mass is 242 g/mol. The van der Waals surface area contributed by atoms with Gasteiger partial charge in [0.1, 0.15) is 0 Å². The summed E-state index contributed by atoms with van der Waals surface area (Å²) in [6, 6.07) is 3.58. The van der Waals surface area contributed by atoms with Crippen LogP contribution in [0.2, 0.25) is 0 Å². The molecule has 94 valence electrons. The number of carboxylic acid groups (broad SMARTS) is 1. The van der Waals surface area contributed by atoms with Crippen LogP contribution in [0, 0.1) is 5.82 Å². The molecule has 0 aromatic heterocycles. The van der Waals surface area contributed by atoms with Gasteiger partial charge in [-0.3, -0.25) is 0 Å². The predicted molar refractivity (Wildman–Crippen MR) is 59.9 cm³/mol. The van der Waals surface area contributed by atoms with Gasteiger partial charge in [-0.15, -0.1) is 0 Å². The Bertz CT molecular complexity index is 392. The Morgan fingerprint density at radius 3 is 2.76 bits per heavy atom. The van der Waals surface area contributed by atoms with Crippen LogP contribution in [0.15, 0.2) is 18.2 Å². The van der Waals surface area contributed by atoms with Crippen molar-refractivity contribution in [1.82, 2.24) is 0 Å². The van der Waals surface area contributed by atoms with E-state index in [9.17, 15) is 9.18 Å². The molecule has 0 spiro atoms. The lowest BCUT2D eigenvalue weighted by Crippen LogP contribution is -2.15. The maximum absolute atomic E-state index is 13.5. The smallest absolute Gasteiger partial charge is 0.335 e. The SMILES string of the molecule is COCCC(C)Oc1ccc(C(=O)O)cc1F.